The normalized spacial score (nSPS) is 16.8. The summed E-state index contributed by atoms with van der Waals surface area (Å²) >= 11 is 0. The highest BCUT2D eigenvalue weighted by Gasteiger charge is 2.54. The van der Waals surface area contributed by atoms with Crippen LogP contribution in [0.2, 0.25) is 36.3 Å². The fourth-order valence-corrected chi connectivity index (χ4v) is 9.26. The number of carbonyl (C=O) groups excluding carboxylic acids is 1. The zero-order valence-electron chi connectivity index (χ0n) is 35.6. The van der Waals surface area contributed by atoms with E-state index in [0.717, 1.165) is 45.8 Å². The van der Waals surface area contributed by atoms with E-state index in [1.807, 2.05) is 19.9 Å². The Morgan fingerprint density at radius 2 is 1.44 bits per heavy atom. The maximum absolute atomic E-state index is 12.2. The molecule has 0 amide bonds. The van der Waals surface area contributed by atoms with Crippen LogP contribution in [0.5, 0.6) is 11.8 Å². The van der Waals surface area contributed by atoms with Crippen molar-refractivity contribution in [2.24, 2.45) is 11.3 Å². The average molecular weight is 775 g/mol. The summed E-state index contributed by atoms with van der Waals surface area (Å²) in [6.45, 7) is 31.0. The van der Waals surface area contributed by atoms with Gasteiger partial charge in [0.2, 0.25) is 0 Å². The lowest BCUT2D eigenvalue weighted by Crippen LogP contribution is -2.45. The molecule has 1 atom stereocenters. The molecule has 3 aromatic rings. The van der Waals surface area contributed by atoms with Gasteiger partial charge in [-0.1, -0.05) is 65.8 Å². The second kappa shape index (κ2) is 15.8. The number of hydrogen-bond donors (Lipinski definition) is 0. The van der Waals surface area contributed by atoms with Crippen LogP contribution in [-0.4, -0.2) is 59.5 Å². The van der Waals surface area contributed by atoms with Crippen molar-refractivity contribution >= 4 is 22.6 Å². The SMILES string of the molecule is COC(=O)CC1c2ccc(OCc3cccc(-c4c(C)nc(OCC(CO[Si](C)(C)C(C)(C)C)CO[Si](C)(C)C(C)(C)C)nc4C)c3C)cc2CC12CC2. The molecule has 2 aromatic carbocycles. The molecule has 1 unspecified atom stereocenters. The topological polar surface area (TPSA) is 89.0 Å². The highest BCUT2D eigenvalue weighted by molar-refractivity contribution is 6.74. The van der Waals surface area contributed by atoms with Gasteiger partial charge in [0.15, 0.2) is 16.6 Å². The molecule has 2 aliphatic rings. The number of ether oxygens (including phenoxy) is 3. The molecule has 0 N–H and O–H groups in total. The van der Waals surface area contributed by atoms with E-state index >= 15 is 0 Å². The first kappa shape index (κ1) is 42.1. The Balaban J connectivity index is 1.28. The standard InChI is InChI=1S/C44H66N2O6Si2/c1-29-33(28-49-35-18-19-37-34(22-35)24-44(20-21-44)38(37)23-39(47)48-10)16-15-17-36(29)40-30(2)45-41(46-31(40)3)50-25-32(26-51-53(11,12)42(4,5)6)27-52-54(13,14)43(7,8)9/h15-19,22,32,38H,20-21,23-28H2,1-14H3. The van der Waals surface area contributed by atoms with Crippen molar-refractivity contribution < 1.29 is 27.9 Å². The number of hydrogen-bond acceptors (Lipinski definition) is 8. The molecule has 1 aromatic heterocycles. The van der Waals surface area contributed by atoms with Gasteiger partial charge in [-0.2, -0.15) is 9.97 Å². The van der Waals surface area contributed by atoms with Crippen LogP contribution >= 0.6 is 0 Å². The maximum atomic E-state index is 12.2. The molecular formula is C44H66N2O6Si2. The predicted octanol–water partition coefficient (Wildman–Crippen LogP) is 10.7. The van der Waals surface area contributed by atoms with Gasteiger partial charge in [-0.15, -0.1) is 0 Å². The van der Waals surface area contributed by atoms with Crippen LogP contribution in [0.4, 0.5) is 0 Å². The van der Waals surface area contributed by atoms with Crippen LogP contribution in [0.3, 0.4) is 0 Å². The van der Waals surface area contributed by atoms with E-state index in [-0.39, 0.29) is 33.3 Å². The third-order valence-corrected chi connectivity index (χ3v) is 22.0. The Hall–Kier alpha value is -3.06. The summed E-state index contributed by atoms with van der Waals surface area (Å²) in [7, 11) is -2.44. The van der Waals surface area contributed by atoms with Gasteiger partial charge in [-0.25, -0.2) is 0 Å². The minimum absolute atomic E-state index is 0.0536. The number of carbonyl (C=O) groups is 1. The maximum Gasteiger partial charge on any atom is 0.316 e. The Labute approximate surface area is 327 Å². The number of aryl methyl sites for hydroxylation is 2. The van der Waals surface area contributed by atoms with E-state index in [9.17, 15) is 4.79 Å². The van der Waals surface area contributed by atoms with E-state index in [1.54, 1.807) is 0 Å². The number of esters is 1. The summed E-state index contributed by atoms with van der Waals surface area (Å²) in [5.74, 6) is 1.01. The van der Waals surface area contributed by atoms with Crippen molar-refractivity contribution in [1.82, 2.24) is 9.97 Å². The summed E-state index contributed by atoms with van der Waals surface area (Å²) in [6, 6.07) is 13.1. The first-order valence-electron chi connectivity index (χ1n) is 19.7. The molecule has 1 saturated carbocycles. The van der Waals surface area contributed by atoms with E-state index in [0.29, 0.717) is 38.9 Å². The molecule has 5 rings (SSSR count). The van der Waals surface area contributed by atoms with Crippen molar-refractivity contribution in [3.8, 4) is 22.9 Å². The average Bonchev–Trinajstić information content (AvgIpc) is 3.79. The lowest BCUT2D eigenvalue weighted by Gasteiger charge is -2.39. The van der Waals surface area contributed by atoms with Gasteiger partial charge in [0.05, 0.1) is 31.5 Å². The lowest BCUT2D eigenvalue weighted by atomic mass is 9.87. The van der Waals surface area contributed by atoms with Crippen molar-refractivity contribution in [1.29, 1.82) is 0 Å². The molecular weight excluding hydrogens is 709 g/mol. The molecule has 0 bridgehead atoms. The number of aromatic nitrogens is 2. The minimum atomic E-state index is -1.96. The molecule has 54 heavy (non-hydrogen) atoms. The molecule has 8 nitrogen and oxygen atoms in total. The second-order valence-corrected chi connectivity index (χ2v) is 28.6. The number of fused-ring (bicyclic) bond motifs is 1. The number of methoxy groups -OCH3 is 1. The Kier molecular flexibility index (Phi) is 12.3. The van der Waals surface area contributed by atoms with Gasteiger partial charge in [0.1, 0.15) is 12.4 Å². The Bertz CT molecular complexity index is 1770. The van der Waals surface area contributed by atoms with Gasteiger partial charge in [-0.3, -0.25) is 4.79 Å². The molecule has 0 aliphatic heterocycles. The van der Waals surface area contributed by atoms with Crippen LogP contribution in [0.1, 0.15) is 100 Å². The zero-order valence-corrected chi connectivity index (χ0v) is 37.6. The Morgan fingerprint density at radius 3 is 1.98 bits per heavy atom. The summed E-state index contributed by atoms with van der Waals surface area (Å²) < 4.78 is 31.1. The smallest absolute Gasteiger partial charge is 0.316 e. The van der Waals surface area contributed by atoms with Crippen LogP contribution in [0.15, 0.2) is 36.4 Å². The summed E-state index contributed by atoms with van der Waals surface area (Å²) in [5.41, 5.74) is 8.91. The molecule has 0 radical (unpaired) electrons. The first-order valence-corrected chi connectivity index (χ1v) is 25.6. The van der Waals surface area contributed by atoms with E-state index in [4.69, 9.17) is 33.0 Å². The Morgan fingerprint density at radius 1 is 0.852 bits per heavy atom. The molecule has 1 fully saturated rings. The third kappa shape index (κ3) is 9.31. The van der Waals surface area contributed by atoms with Crippen LogP contribution < -0.4 is 9.47 Å². The van der Waals surface area contributed by atoms with E-state index in [1.165, 1.54) is 31.1 Å². The van der Waals surface area contributed by atoms with Gasteiger partial charge in [-0.05, 0) is 122 Å². The van der Waals surface area contributed by atoms with E-state index < -0.39 is 16.6 Å². The minimum Gasteiger partial charge on any atom is -0.489 e. The zero-order chi connectivity index (χ0) is 39.9. The number of nitrogens with zero attached hydrogens (tertiary/aromatic N) is 2. The molecule has 296 valence electrons. The molecule has 2 aliphatic carbocycles. The summed E-state index contributed by atoms with van der Waals surface area (Å²) in [5, 5.41) is 0.235. The monoisotopic (exact) mass is 774 g/mol. The number of rotatable bonds is 15. The predicted molar refractivity (Wildman–Crippen MR) is 222 cm³/mol. The molecule has 10 heteroatoms. The van der Waals surface area contributed by atoms with Crippen molar-refractivity contribution in [3.63, 3.8) is 0 Å². The fraction of sp³-hybridized carbons (Fsp3) is 0.614. The van der Waals surface area contributed by atoms with Crippen LogP contribution in [0.25, 0.3) is 11.1 Å². The van der Waals surface area contributed by atoms with Crippen molar-refractivity contribution in [2.45, 2.75) is 137 Å². The highest BCUT2D eigenvalue weighted by Crippen LogP contribution is 2.64. The highest BCUT2D eigenvalue weighted by atomic mass is 28.4. The molecule has 1 spiro atoms. The number of benzene rings is 2. The molecule has 0 saturated heterocycles. The van der Waals surface area contributed by atoms with Gasteiger partial charge < -0.3 is 23.1 Å². The quantitative estimate of drug-likeness (QED) is 0.111. The van der Waals surface area contributed by atoms with Gasteiger partial charge in [0.25, 0.3) is 0 Å². The van der Waals surface area contributed by atoms with Crippen LogP contribution in [-0.2, 0) is 31.4 Å². The first-order chi connectivity index (χ1) is 25.1. The third-order valence-electron chi connectivity index (χ3n) is 13.0. The lowest BCUT2D eigenvalue weighted by molar-refractivity contribution is -0.141. The fourth-order valence-electron chi connectivity index (χ4n) is 7.09. The van der Waals surface area contributed by atoms with E-state index in [2.05, 4.69) is 105 Å². The van der Waals surface area contributed by atoms with Crippen LogP contribution in [0, 0.1) is 32.1 Å². The largest absolute Gasteiger partial charge is 0.489 e. The van der Waals surface area contributed by atoms with Crippen molar-refractivity contribution in [3.05, 3.63) is 70.0 Å². The van der Waals surface area contributed by atoms with Gasteiger partial charge >= 0.3 is 12.0 Å². The van der Waals surface area contributed by atoms with Crippen molar-refractivity contribution in [2.75, 3.05) is 26.9 Å². The summed E-state index contributed by atoms with van der Waals surface area (Å²) in [6.07, 6.45) is 3.79. The molecule has 1 heterocycles. The summed E-state index contributed by atoms with van der Waals surface area (Å²) in [4.78, 5) is 21.9. The van der Waals surface area contributed by atoms with Gasteiger partial charge in [0, 0.05) is 30.6 Å². The second-order valence-electron chi connectivity index (χ2n) is 19.0.